The molecule has 198 valence electrons. The van der Waals surface area contributed by atoms with Gasteiger partial charge < -0.3 is 16.2 Å². The van der Waals surface area contributed by atoms with E-state index in [0.29, 0.717) is 28.1 Å². The molecule has 1 fully saturated rings. The number of benzene rings is 2. The van der Waals surface area contributed by atoms with Crippen LogP contribution in [0.15, 0.2) is 64.2 Å². The van der Waals surface area contributed by atoms with Crippen LogP contribution in [0.3, 0.4) is 0 Å². The number of nitrogen functional groups attached to an aromatic ring is 1. The molecule has 1 saturated carbocycles. The molecule has 4 N–H and O–H groups in total. The molecule has 0 saturated heterocycles. The van der Waals surface area contributed by atoms with Crippen LogP contribution in [0.2, 0.25) is 0 Å². The number of aliphatic imine (C=N–C) groups is 1. The topological polar surface area (TPSA) is 131 Å². The molecule has 0 radical (unpaired) electrons. The summed E-state index contributed by atoms with van der Waals surface area (Å²) >= 11 is 0. The van der Waals surface area contributed by atoms with Gasteiger partial charge in [-0.2, -0.15) is 15.0 Å². The summed E-state index contributed by atoms with van der Waals surface area (Å²) in [6.07, 6.45) is 9.38. The molecule has 1 atom stereocenters. The SMILES string of the molecule is CCCC1C=C(Nc2nc(N)nc(-c3cccc(-n4ccc5cc(C6CC6)cc(F)c5c4=O)c3CO)n2)C=N1. The number of pyridine rings is 1. The van der Waals surface area contributed by atoms with Gasteiger partial charge in [0.25, 0.3) is 5.56 Å². The molecule has 3 heterocycles. The van der Waals surface area contributed by atoms with Gasteiger partial charge in [-0.1, -0.05) is 31.5 Å². The maximum absolute atomic E-state index is 15.1. The van der Waals surface area contributed by atoms with E-state index in [4.69, 9.17) is 5.73 Å². The first kappa shape index (κ1) is 24.9. The minimum atomic E-state index is -0.539. The average molecular weight is 526 g/mol. The number of fused-ring (bicyclic) bond motifs is 1. The molecule has 2 aromatic heterocycles. The van der Waals surface area contributed by atoms with Gasteiger partial charge in [-0.15, -0.1) is 0 Å². The number of hydrogen-bond acceptors (Lipinski definition) is 8. The van der Waals surface area contributed by atoms with Gasteiger partial charge in [0.2, 0.25) is 11.9 Å². The monoisotopic (exact) mass is 525 g/mol. The molecule has 2 aliphatic rings. The first-order valence-corrected chi connectivity index (χ1v) is 13.1. The highest BCUT2D eigenvalue weighted by Crippen LogP contribution is 2.41. The van der Waals surface area contributed by atoms with Crippen LogP contribution in [-0.4, -0.2) is 36.9 Å². The van der Waals surface area contributed by atoms with Crippen molar-refractivity contribution in [2.75, 3.05) is 11.1 Å². The summed E-state index contributed by atoms with van der Waals surface area (Å²) in [4.78, 5) is 31.0. The van der Waals surface area contributed by atoms with Gasteiger partial charge in [0.1, 0.15) is 5.82 Å². The lowest BCUT2D eigenvalue weighted by Crippen LogP contribution is -2.20. The van der Waals surface area contributed by atoms with Crippen LogP contribution in [0, 0.1) is 5.82 Å². The number of aliphatic hydroxyl groups excluding tert-OH is 1. The number of allylic oxidation sites excluding steroid dienone is 1. The summed E-state index contributed by atoms with van der Waals surface area (Å²) in [6, 6.07) is 10.3. The molecule has 0 bridgehead atoms. The molecule has 10 heteroatoms. The second-order valence-electron chi connectivity index (χ2n) is 9.92. The summed E-state index contributed by atoms with van der Waals surface area (Å²) < 4.78 is 16.5. The number of aliphatic hydroxyl groups is 1. The standard InChI is InChI=1S/C29H28FN7O2/c1-2-4-19-13-20(14-32-19)33-29-35-26(34-28(31)36-29)21-5-3-6-24(22(21)15-38)37-10-9-17-11-18(16-7-8-16)12-23(30)25(17)27(37)39/h3,5-6,9-14,16,19,38H,2,4,7-8,15H2,1H3,(H3,31,33,34,35,36). The summed E-state index contributed by atoms with van der Waals surface area (Å²) in [5, 5.41) is 14.1. The van der Waals surface area contributed by atoms with E-state index in [9.17, 15) is 9.90 Å². The molecule has 39 heavy (non-hydrogen) atoms. The van der Waals surface area contributed by atoms with E-state index in [1.807, 2.05) is 12.1 Å². The Kier molecular flexibility index (Phi) is 6.40. The minimum absolute atomic E-state index is 0.00570. The van der Waals surface area contributed by atoms with Crippen molar-refractivity contribution in [3.8, 4) is 17.1 Å². The zero-order valence-corrected chi connectivity index (χ0v) is 21.4. The molecular formula is C29H28FN7O2. The van der Waals surface area contributed by atoms with Crippen LogP contribution in [0.25, 0.3) is 27.8 Å². The highest BCUT2D eigenvalue weighted by Gasteiger charge is 2.25. The van der Waals surface area contributed by atoms with E-state index in [1.165, 1.54) is 10.6 Å². The van der Waals surface area contributed by atoms with Crippen molar-refractivity contribution in [2.24, 2.45) is 4.99 Å². The fourth-order valence-electron chi connectivity index (χ4n) is 5.06. The number of hydrogen-bond donors (Lipinski definition) is 3. The van der Waals surface area contributed by atoms with Gasteiger partial charge >= 0.3 is 0 Å². The maximum Gasteiger partial charge on any atom is 0.265 e. The first-order chi connectivity index (χ1) is 18.9. The van der Waals surface area contributed by atoms with Gasteiger partial charge in [0.05, 0.1) is 29.4 Å². The largest absolute Gasteiger partial charge is 0.392 e. The Morgan fingerprint density at radius 1 is 1.18 bits per heavy atom. The van der Waals surface area contributed by atoms with E-state index < -0.39 is 18.0 Å². The Balaban J connectivity index is 1.40. The third-order valence-electron chi connectivity index (χ3n) is 7.11. The van der Waals surface area contributed by atoms with Gasteiger partial charge in [-0.25, -0.2) is 4.39 Å². The predicted octanol–water partition coefficient (Wildman–Crippen LogP) is 4.48. The Labute approximate surface area is 224 Å². The molecule has 0 amide bonds. The zero-order valence-electron chi connectivity index (χ0n) is 21.4. The zero-order chi connectivity index (χ0) is 27.1. The van der Waals surface area contributed by atoms with E-state index >= 15 is 4.39 Å². The molecule has 0 spiro atoms. The number of aromatic nitrogens is 4. The van der Waals surface area contributed by atoms with Crippen molar-refractivity contribution in [3.63, 3.8) is 0 Å². The third-order valence-corrected chi connectivity index (χ3v) is 7.11. The van der Waals surface area contributed by atoms with Crippen LogP contribution in [0.5, 0.6) is 0 Å². The summed E-state index contributed by atoms with van der Waals surface area (Å²) in [5.74, 6) is 0.283. The first-order valence-electron chi connectivity index (χ1n) is 13.1. The smallest absolute Gasteiger partial charge is 0.265 e. The molecule has 1 unspecified atom stereocenters. The normalized spacial score (nSPS) is 16.6. The van der Waals surface area contributed by atoms with Gasteiger partial charge in [-0.3, -0.25) is 14.4 Å². The van der Waals surface area contributed by atoms with Crippen LogP contribution in [0.1, 0.15) is 49.7 Å². The quantitative estimate of drug-likeness (QED) is 0.309. The maximum atomic E-state index is 15.1. The van der Waals surface area contributed by atoms with E-state index in [2.05, 4.69) is 32.2 Å². The van der Waals surface area contributed by atoms with Crippen molar-refractivity contribution in [1.29, 1.82) is 0 Å². The number of nitrogens with one attached hydrogen (secondary N) is 1. The van der Waals surface area contributed by atoms with E-state index in [1.54, 1.807) is 36.7 Å². The summed E-state index contributed by atoms with van der Waals surface area (Å²) in [7, 11) is 0. The summed E-state index contributed by atoms with van der Waals surface area (Å²) in [5.41, 5.74) is 8.46. The van der Waals surface area contributed by atoms with Crippen LogP contribution in [-0.2, 0) is 6.61 Å². The van der Waals surface area contributed by atoms with Crippen molar-refractivity contribution in [2.45, 2.75) is 51.2 Å². The fourth-order valence-corrected chi connectivity index (χ4v) is 5.06. The van der Waals surface area contributed by atoms with Crippen LogP contribution < -0.4 is 16.6 Å². The lowest BCUT2D eigenvalue weighted by Gasteiger charge is -2.16. The Morgan fingerprint density at radius 3 is 2.79 bits per heavy atom. The number of rotatable bonds is 8. The third kappa shape index (κ3) is 4.79. The van der Waals surface area contributed by atoms with Crippen LogP contribution >= 0.6 is 0 Å². The molecule has 9 nitrogen and oxygen atoms in total. The number of anilines is 2. The molecule has 4 aromatic rings. The highest BCUT2D eigenvalue weighted by molar-refractivity contribution is 5.85. The summed E-state index contributed by atoms with van der Waals surface area (Å²) in [6.45, 7) is 1.69. The second-order valence-corrected chi connectivity index (χ2v) is 9.92. The predicted molar refractivity (Wildman–Crippen MR) is 150 cm³/mol. The van der Waals surface area contributed by atoms with Crippen molar-refractivity contribution >= 4 is 28.9 Å². The molecule has 2 aromatic carbocycles. The van der Waals surface area contributed by atoms with Crippen molar-refractivity contribution < 1.29 is 9.50 Å². The molecule has 1 aliphatic carbocycles. The number of nitrogens with two attached hydrogens (primary N) is 1. The average Bonchev–Trinajstić information content (AvgIpc) is 3.68. The van der Waals surface area contributed by atoms with Gasteiger partial charge in [-0.05, 0) is 60.4 Å². The molecular weight excluding hydrogens is 497 g/mol. The molecule has 1 aliphatic heterocycles. The van der Waals surface area contributed by atoms with Crippen molar-refractivity contribution in [1.82, 2.24) is 19.5 Å². The Morgan fingerprint density at radius 2 is 2.03 bits per heavy atom. The second kappa shape index (κ2) is 10.0. The lowest BCUT2D eigenvalue weighted by atomic mass is 10.0. The lowest BCUT2D eigenvalue weighted by molar-refractivity contribution is 0.282. The number of halogens is 1. The van der Waals surface area contributed by atoms with E-state index in [-0.39, 0.29) is 29.1 Å². The number of nitrogens with zero attached hydrogens (tertiary/aromatic N) is 5. The van der Waals surface area contributed by atoms with Crippen molar-refractivity contribution in [3.05, 3.63) is 81.7 Å². The van der Waals surface area contributed by atoms with E-state index in [0.717, 1.165) is 36.9 Å². The van der Waals surface area contributed by atoms with Gasteiger partial charge in [0.15, 0.2) is 5.82 Å². The van der Waals surface area contributed by atoms with Gasteiger partial charge in [0, 0.05) is 23.5 Å². The molecule has 6 rings (SSSR count). The Hall–Kier alpha value is -4.44. The minimum Gasteiger partial charge on any atom is -0.392 e. The fraction of sp³-hybridized carbons (Fsp3) is 0.276. The Bertz CT molecular complexity index is 1710. The van der Waals surface area contributed by atoms with Crippen LogP contribution in [0.4, 0.5) is 16.3 Å². The highest BCUT2D eigenvalue weighted by atomic mass is 19.1.